The molecule has 2 aromatic rings. The van der Waals surface area contributed by atoms with Crippen molar-refractivity contribution >= 4 is 11.6 Å². The minimum absolute atomic E-state index is 0.309. The highest BCUT2D eigenvalue weighted by atomic mass is 35.5. The first-order valence-electron chi connectivity index (χ1n) is 6.13. The minimum Gasteiger partial charge on any atom is -0.455 e. The van der Waals surface area contributed by atoms with Crippen LogP contribution in [0.2, 0.25) is 5.02 Å². The summed E-state index contributed by atoms with van der Waals surface area (Å²) >= 11 is 5.82. The van der Waals surface area contributed by atoms with Gasteiger partial charge < -0.3 is 9.47 Å². The maximum absolute atomic E-state index is 12.8. The van der Waals surface area contributed by atoms with Crippen LogP contribution in [0.1, 0.15) is 6.42 Å². The van der Waals surface area contributed by atoms with Crippen molar-refractivity contribution in [1.29, 1.82) is 0 Å². The van der Waals surface area contributed by atoms with Gasteiger partial charge in [-0.05, 0) is 48.5 Å². The highest BCUT2D eigenvalue weighted by Gasteiger charge is 2.10. The Morgan fingerprint density at radius 2 is 1.50 bits per heavy atom. The van der Waals surface area contributed by atoms with Crippen molar-refractivity contribution in [2.75, 3.05) is 0 Å². The molecule has 0 saturated carbocycles. The fourth-order valence-corrected chi connectivity index (χ4v) is 1.71. The summed E-state index contributed by atoms with van der Waals surface area (Å²) in [5, 5.41) is 0.636. The lowest BCUT2D eigenvalue weighted by Crippen LogP contribution is -2.23. The first-order valence-corrected chi connectivity index (χ1v) is 6.50. The summed E-state index contributed by atoms with van der Waals surface area (Å²) in [4.78, 5) is 0. The standard InChI is InChI=1S/C16H14ClFO2/c1-2-3-16(19-14-8-4-12(17)5-9-14)20-15-10-6-13(18)7-11-15/h2,4-11,16H,1,3H2. The molecule has 1 atom stereocenters. The summed E-state index contributed by atoms with van der Waals surface area (Å²) in [5.41, 5.74) is 0. The fourth-order valence-electron chi connectivity index (χ4n) is 1.59. The highest BCUT2D eigenvalue weighted by molar-refractivity contribution is 6.30. The molecule has 0 aliphatic carbocycles. The number of benzene rings is 2. The van der Waals surface area contributed by atoms with E-state index in [0.717, 1.165) is 0 Å². The van der Waals surface area contributed by atoms with Crippen molar-refractivity contribution in [3.63, 3.8) is 0 Å². The van der Waals surface area contributed by atoms with E-state index in [1.807, 2.05) is 0 Å². The van der Waals surface area contributed by atoms with Gasteiger partial charge in [0.1, 0.15) is 17.3 Å². The Kier molecular flexibility index (Phi) is 5.02. The second-order valence-electron chi connectivity index (χ2n) is 4.10. The predicted molar refractivity (Wildman–Crippen MR) is 77.7 cm³/mol. The number of hydrogen-bond acceptors (Lipinski definition) is 2. The van der Waals surface area contributed by atoms with E-state index in [1.165, 1.54) is 12.1 Å². The van der Waals surface area contributed by atoms with Crippen LogP contribution in [0.3, 0.4) is 0 Å². The Balaban J connectivity index is 2.04. The van der Waals surface area contributed by atoms with Gasteiger partial charge in [0.25, 0.3) is 0 Å². The van der Waals surface area contributed by atoms with Gasteiger partial charge >= 0.3 is 0 Å². The van der Waals surface area contributed by atoms with E-state index < -0.39 is 6.29 Å². The van der Waals surface area contributed by atoms with Crippen LogP contribution in [0.5, 0.6) is 11.5 Å². The minimum atomic E-state index is -0.529. The lowest BCUT2D eigenvalue weighted by Gasteiger charge is -2.19. The second-order valence-corrected chi connectivity index (χ2v) is 4.53. The van der Waals surface area contributed by atoms with Crippen LogP contribution in [0.25, 0.3) is 0 Å². The Morgan fingerprint density at radius 3 is 2.00 bits per heavy atom. The first-order chi connectivity index (χ1) is 9.67. The zero-order valence-electron chi connectivity index (χ0n) is 10.8. The van der Waals surface area contributed by atoms with Gasteiger partial charge in [-0.1, -0.05) is 17.7 Å². The molecule has 0 fully saturated rings. The second kappa shape index (κ2) is 6.96. The molecule has 104 valence electrons. The van der Waals surface area contributed by atoms with Crippen LogP contribution in [-0.4, -0.2) is 6.29 Å². The fraction of sp³-hybridized carbons (Fsp3) is 0.125. The topological polar surface area (TPSA) is 18.5 Å². The Hall–Kier alpha value is -2.00. The molecule has 0 saturated heterocycles. The summed E-state index contributed by atoms with van der Waals surface area (Å²) in [7, 11) is 0. The van der Waals surface area contributed by atoms with Crippen molar-refractivity contribution in [2.24, 2.45) is 0 Å². The average Bonchev–Trinajstić information content (AvgIpc) is 2.44. The summed E-state index contributed by atoms with van der Waals surface area (Å²) in [5.74, 6) is 0.867. The molecular weight excluding hydrogens is 279 g/mol. The zero-order valence-corrected chi connectivity index (χ0v) is 11.5. The molecule has 2 nitrogen and oxygen atoms in total. The molecule has 0 spiro atoms. The number of ether oxygens (including phenoxy) is 2. The van der Waals surface area contributed by atoms with Crippen molar-refractivity contribution in [2.45, 2.75) is 12.7 Å². The molecule has 0 aliphatic heterocycles. The van der Waals surface area contributed by atoms with Crippen molar-refractivity contribution in [3.05, 3.63) is 72.0 Å². The van der Waals surface area contributed by atoms with E-state index in [9.17, 15) is 4.39 Å². The third-order valence-corrected chi connectivity index (χ3v) is 2.77. The van der Waals surface area contributed by atoms with E-state index in [4.69, 9.17) is 21.1 Å². The number of halogens is 2. The van der Waals surface area contributed by atoms with Gasteiger partial charge in [0, 0.05) is 11.4 Å². The van der Waals surface area contributed by atoms with Crippen molar-refractivity contribution < 1.29 is 13.9 Å². The maximum Gasteiger partial charge on any atom is 0.244 e. The highest BCUT2D eigenvalue weighted by Crippen LogP contribution is 2.20. The Bertz CT molecular complexity index is 504. The van der Waals surface area contributed by atoms with E-state index in [2.05, 4.69) is 6.58 Å². The van der Waals surface area contributed by atoms with Crippen LogP contribution in [0, 0.1) is 5.82 Å². The van der Waals surface area contributed by atoms with Gasteiger partial charge in [-0.15, -0.1) is 6.58 Å². The molecule has 2 rings (SSSR count). The zero-order chi connectivity index (χ0) is 14.4. The summed E-state index contributed by atoms with van der Waals surface area (Å²) < 4.78 is 24.2. The molecule has 0 heterocycles. The molecule has 0 amide bonds. The van der Waals surface area contributed by atoms with E-state index in [0.29, 0.717) is 22.9 Å². The Labute approximate surface area is 122 Å². The molecule has 2 aromatic carbocycles. The smallest absolute Gasteiger partial charge is 0.244 e. The normalized spacial score (nSPS) is 11.7. The Morgan fingerprint density at radius 1 is 1.00 bits per heavy atom. The van der Waals surface area contributed by atoms with Gasteiger partial charge in [-0.2, -0.15) is 0 Å². The largest absolute Gasteiger partial charge is 0.455 e. The summed E-state index contributed by atoms with van der Waals surface area (Å²) in [6.45, 7) is 3.67. The van der Waals surface area contributed by atoms with Crippen LogP contribution in [0.4, 0.5) is 4.39 Å². The van der Waals surface area contributed by atoms with Crippen LogP contribution in [-0.2, 0) is 0 Å². The quantitative estimate of drug-likeness (QED) is 0.560. The van der Waals surface area contributed by atoms with E-state index in [1.54, 1.807) is 42.5 Å². The van der Waals surface area contributed by atoms with E-state index in [-0.39, 0.29) is 5.82 Å². The molecular formula is C16H14ClFO2. The molecule has 0 aromatic heterocycles. The lowest BCUT2D eigenvalue weighted by atomic mass is 10.3. The summed E-state index contributed by atoms with van der Waals surface area (Å²) in [6, 6.07) is 12.8. The van der Waals surface area contributed by atoms with E-state index >= 15 is 0 Å². The van der Waals surface area contributed by atoms with Crippen LogP contribution < -0.4 is 9.47 Å². The van der Waals surface area contributed by atoms with Gasteiger partial charge in [-0.25, -0.2) is 4.39 Å². The number of rotatable bonds is 6. The molecule has 0 aliphatic rings. The molecule has 1 unspecified atom stereocenters. The summed E-state index contributed by atoms with van der Waals surface area (Å²) in [6.07, 6.45) is 1.67. The molecule has 0 radical (unpaired) electrons. The first kappa shape index (κ1) is 14.4. The predicted octanol–water partition coefficient (Wildman–Crippen LogP) is 4.84. The molecule has 0 bridgehead atoms. The van der Waals surface area contributed by atoms with Gasteiger partial charge in [-0.3, -0.25) is 0 Å². The van der Waals surface area contributed by atoms with Gasteiger partial charge in [0.2, 0.25) is 6.29 Å². The van der Waals surface area contributed by atoms with Crippen LogP contribution >= 0.6 is 11.6 Å². The monoisotopic (exact) mass is 292 g/mol. The van der Waals surface area contributed by atoms with Gasteiger partial charge in [0.05, 0.1) is 0 Å². The van der Waals surface area contributed by atoms with Crippen molar-refractivity contribution in [3.8, 4) is 11.5 Å². The molecule has 0 N–H and O–H groups in total. The third kappa shape index (κ3) is 4.28. The SMILES string of the molecule is C=CCC(Oc1ccc(F)cc1)Oc1ccc(Cl)cc1. The average molecular weight is 293 g/mol. The lowest BCUT2D eigenvalue weighted by molar-refractivity contribution is 0.00880. The number of hydrogen-bond donors (Lipinski definition) is 0. The maximum atomic E-state index is 12.8. The van der Waals surface area contributed by atoms with Crippen molar-refractivity contribution in [1.82, 2.24) is 0 Å². The van der Waals surface area contributed by atoms with Gasteiger partial charge in [0.15, 0.2) is 0 Å². The van der Waals surface area contributed by atoms with Crippen LogP contribution in [0.15, 0.2) is 61.2 Å². The molecule has 20 heavy (non-hydrogen) atoms. The third-order valence-electron chi connectivity index (χ3n) is 2.52. The molecule has 4 heteroatoms.